The molecule has 0 aliphatic carbocycles. The molecule has 0 spiro atoms. The molecule has 0 atom stereocenters. The van der Waals surface area contributed by atoms with Crippen LogP contribution in [0, 0.1) is 11.3 Å². The monoisotopic (exact) mass is 280 g/mol. The van der Waals surface area contributed by atoms with Crippen molar-refractivity contribution < 1.29 is 0 Å². The number of hydrogen-bond donors (Lipinski definition) is 1. The van der Waals surface area contributed by atoms with Gasteiger partial charge < -0.3 is 5.32 Å². The van der Waals surface area contributed by atoms with Crippen LogP contribution in [0.3, 0.4) is 0 Å². The van der Waals surface area contributed by atoms with Crippen molar-refractivity contribution >= 4 is 32.4 Å². The van der Waals surface area contributed by atoms with E-state index < -0.39 is 0 Å². The highest BCUT2D eigenvalue weighted by molar-refractivity contribution is 7.21. The quantitative estimate of drug-likeness (QED) is 0.780. The van der Waals surface area contributed by atoms with Crippen LogP contribution < -0.4 is 10.9 Å². The maximum absolute atomic E-state index is 11.9. The summed E-state index contributed by atoms with van der Waals surface area (Å²) >= 11 is 1.31. The fraction of sp³-hybridized carbons (Fsp3) is 0. The second-order valence-electron chi connectivity index (χ2n) is 3.99. The Bertz CT molecular complexity index is 865. The SMILES string of the molecule is N#Cc1ccc(Nc2nc(=O)c3cccnc3s2)cc1. The largest absolute Gasteiger partial charge is 0.331 e. The Kier molecular flexibility index (Phi) is 3.11. The summed E-state index contributed by atoms with van der Waals surface area (Å²) in [5.41, 5.74) is 1.04. The zero-order valence-corrected chi connectivity index (χ0v) is 11.0. The number of hydrogen-bond acceptors (Lipinski definition) is 6. The van der Waals surface area contributed by atoms with Gasteiger partial charge >= 0.3 is 0 Å². The summed E-state index contributed by atoms with van der Waals surface area (Å²) in [6.07, 6.45) is 1.64. The predicted octanol–water partition coefficient (Wildman–Crippen LogP) is 2.67. The average molecular weight is 280 g/mol. The highest BCUT2D eigenvalue weighted by Crippen LogP contribution is 2.22. The van der Waals surface area contributed by atoms with E-state index in [1.165, 1.54) is 11.3 Å². The lowest BCUT2D eigenvalue weighted by Crippen LogP contribution is -2.07. The summed E-state index contributed by atoms with van der Waals surface area (Å²) in [6, 6.07) is 12.4. The van der Waals surface area contributed by atoms with Crippen molar-refractivity contribution in [1.82, 2.24) is 9.97 Å². The van der Waals surface area contributed by atoms with Gasteiger partial charge in [-0.05, 0) is 36.4 Å². The third-order valence-corrected chi connectivity index (χ3v) is 3.57. The van der Waals surface area contributed by atoms with Crippen LogP contribution in [0.2, 0.25) is 0 Å². The molecule has 2 aromatic heterocycles. The molecule has 0 amide bonds. The second-order valence-corrected chi connectivity index (χ2v) is 4.97. The number of nitrogens with one attached hydrogen (secondary N) is 1. The van der Waals surface area contributed by atoms with E-state index in [0.717, 1.165) is 5.69 Å². The van der Waals surface area contributed by atoms with Gasteiger partial charge in [0.25, 0.3) is 5.56 Å². The number of anilines is 2. The molecular weight excluding hydrogens is 272 g/mol. The zero-order valence-electron chi connectivity index (χ0n) is 10.2. The lowest BCUT2D eigenvalue weighted by atomic mass is 10.2. The van der Waals surface area contributed by atoms with Crippen LogP contribution in [0.15, 0.2) is 47.4 Å². The lowest BCUT2D eigenvalue weighted by molar-refractivity contribution is 1.29. The van der Waals surface area contributed by atoms with E-state index in [1.54, 1.807) is 42.6 Å². The second kappa shape index (κ2) is 5.07. The number of benzene rings is 1. The predicted molar refractivity (Wildman–Crippen MR) is 78.1 cm³/mol. The number of rotatable bonds is 2. The van der Waals surface area contributed by atoms with Crippen molar-refractivity contribution in [3.63, 3.8) is 0 Å². The molecule has 5 nitrogen and oxygen atoms in total. The van der Waals surface area contributed by atoms with E-state index in [4.69, 9.17) is 5.26 Å². The first-order chi connectivity index (χ1) is 9.76. The number of nitrogens with zero attached hydrogens (tertiary/aromatic N) is 3. The highest BCUT2D eigenvalue weighted by Gasteiger charge is 2.05. The maximum atomic E-state index is 11.9. The Labute approximate surface area is 118 Å². The summed E-state index contributed by atoms with van der Waals surface area (Å²) in [5.74, 6) is 0. The van der Waals surface area contributed by atoms with Crippen LogP contribution in [0.5, 0.6) is 0 Å². The standard InChI is InChI=1S/C14H8N4OS/c15-8-9-3-5-10(6-4-9)17-14-18-12(19)11-2-1-7-16-13(11)20-14/h1-7H,(H,17,18,19). The molecule has 2 heterocycles. The highest BCUT2D eigenvalue weighted by atomic mass is 32.1. The van der Waals surface area contributed by atoms with E-state index in [2.05, 4.69) is 21.4 Å². The summed E-state index contributed by atoms with van der Waals surface area (Å²) in [6.45, 7) is 0. The molecule has 0 unspecified atom stereocenters. The Morgan fingerprint density at radius 1 is 1.20 bits per heavy atom. The van der Waals surface area contributed by atoms with Gasteiger partial charge in [-0.15, -0.1) is 0 Å². The Balaban J connectivity index is 1.98. The van der Waals surface area contributed by atoms with Crippen LogP contribution in [0.1, 0.15) is 5.56 Å². The fourth-order valence-corrected chi connectivity index (χ4v) is 2.57. The maximum Gasteiger partial charge on any atom is 0.282 e. The van der Waals surface area contributed by atoms with E-state index in [1.807, 2.05) is 0 Å². The molecule has 0 bridgehead atoms. The molecule has 20 heavy (non-hydrogen) atoms. The molecule has 3 aromatic rings. The lowest BCUT2D eigenvalue weighted by Gasteiger charge is -2.04. The van der Waals surface area contributed by atoms with Crippen LogP contribution in [0.4, 0.5) is 10.8 Å². The Morgan fingerprint density at radius 2 is 2.00 bits per heavy atom. The smallest absolute Gasteiger partial charge is 0.282 e. The first-order valence-electron chi connectivity index (χ1n) is 5.79. The van der Waals surface area contributed by atoms with Gasteiger partial charge in [0.05, 0.1) is 17.0 Å². The van der Waals surface area contributed by atoms with Crippen LogP contribution in [-0.2, 0) is 0 Å². The summed E-state index contributed by atoms with van der Waals surface area (Å²) < 4.78 is 0. The van der Waals surface area contributed by atoms with Gasteiger partial charge in [0, 0.05) is 11.9 Å². The van der Waals surface area contributed by atoms with Crippen molar-refractivity contribution in [2.24, 2.45) is 0 Å². The van der Waals surface area contributed by atoms with Crippen molar-refractivity contribution in [2.45, 2.75) is 0 Å². The third kappa shape index (κ3) is 2.35. The van der Waals surface area contributed by atoms with E-state index in [0.29, 0.717) is 20.9 Å². The Morgan fingerprint density at radius 3 is 2.75 bits per heavy atom. The molecular formula is C14H8N4OS. The molecule has 0 radical (unpaired) electrons. The topological polar surface area (TPSA) is 78.7 Å². The summed E-state index contributed by atoms with van der Waals surface area (Å²) in [5, 5.41) is 12.8. The van der Waals surface area contributed by atoms with Gasteiger partial charge in [-0.25, -0.2) is 4.98 Å². The summed E-state index contributed by atoms with van der Waals surface area (Å²) in [7, 11) is 0. The van der Waals surface area contributed by atoms with Gasteiger partial charge in [-0.1, -0.05) is 11.3 Å². The first-order valence-corrected chi connectivity index (χ1v) is 6.61. The minimum absolute atomic E-state index is 0.303. The van der Waals surface area contributed by atoms with E-state index >= 15 is 0 Å². The molecule has 0 fully saturated rings. The minimum atomic E-state index is -0.303. The zero-order chi connectivity index (χ0) is 13.9. The molecule has 0 aliphatic heterocycles. The molecule has 96 valence electrons. The van der Waals surface area contributed by atoms with Crippen LogP contribution >= 0.6 is 11.3 Å². The third-order valence-electron chi connectivity index (χ3n) is 2.66. The van der Waals surface area contributed by atoms with Gasteiger partial charge in [-0.3, -0.25) is 4.79 Å². The van der Waals surface area contributed by atoms with Crippen molar-refractivity contribution in [3.05, 3.63) is 58.5 Å². The van der Waals surface area contributed by atoms with Gasteiger partial charge in [0.1, 0.15) is 4.83 Å². The average Bonchev–Trinajstić information content (AvgIpc) is 2.48. The molecule has 0 saturated carbocycles. The molecule has 3 rings (SSSR count). The number of aromatic nitrogens is 2. The van der Waals surface area contributed by atoms with Crippen LogP contribution in [-0.4, -0.2) is 9.97 Å². The number of nitriles is 1. The fourth-order valence-electron chi connectivity index (χ4n) is 1.71. The van der Waals surface area contributed by atoms with Gasteiger partial charge in [0.2, 0.25) is 0 Å². The van der Waals surface area contributed by atoms with Crippen molar-refractivity contribution in [1.29, 1.82) is 5.26 Å². The summed E-state index contributed by atoms with van der Waals surface area (Å²) in [4.78, 5) is 20.7. The molecule has 6 heteroatoms. The first kappa shape index (κ1) is 12.3. The van der Waals surface area contributed by atoms with E-state index in [9.17, 15) is 4.79 Å². The molecule has 0 aliphatic rings. The van der Waals surface area contributed by atoms with Gasteiger partial charge in [0.15, 0.2) is 5.13 Å². The molecule has 1 aromatic carbocycles. The minimum Gasteiger partial charge on any atom is -0.331 e. The molecule has 1 N–H and O–H groups in total. The van der Waals surface area contributed by atoms with Gasteiger partial charge in [-0.2, -0.15) is 10.2 Å². The normalized spacial score (nSPS) is 10.2. The number of fused-ring (bicyclic) bond motifs is 1. The van der Waals surface area contributed by atoms with Crippen molar-refractivity contribution in [3.8, 4) is 6.07 Å². The van der Waals surface area contributed by atoms with Crippen molar-refractivity contribution in [2.75, 3.05) is 5.32 Å². The van der Waals surface area contributed by atoms with E-state index in [-0.39, 0.29) is 5.56 Å². The van der Waals surface area contributed by atoms with Crippen LogP contribution in [0.25, 0.3) is 10.2 Å². The Hall–Kier alpha value is -2.78. The number of pyridine rings is 1. The molecule has 0 saturated heterocycles.